The highest BCUT2D eigenvalue weighted by atomic mass is 16.5. The number of carbonyl (C=O) groups is 1. The summed E-state index contributed by atoms with van der Waals surface area (Å²) in [5.41, 5.74) is 0.150. The molecule has 11 heavy (non-hydrogen) atoms. The summed E-state index contributed by atoms with van der Waals surface area (Å²) in [5, 5.41) is 19.4. The molecule has 0 radical (unpaired) electrons. The first-order valence-corrected chi connectivity index (χ1v) is 3.14. The van der Waals surface area contributed by atoms with Gasteiger partial charge in [0.1, 0.15) is 6.10 Å². The maximum atomic E-state index is 10.7. The number of rotatable bonds is 2. The van der Waals surface area contributed by atoms with E-state index in [1.54, 1.807) is 0 Å². The number of hydrogen-bond donors (Lipinski definition) is 1. The molecule has 0 aromatic rings. The third kappa shape index (κ3) is 3.52. The number of hydroxylamine groups is 1. The maximum absolute atomic E-state index is 10.7. The summed E-state index contributed by atoms with van der Waals surface area (Å²) in [7, 11) is 0. The Kier molecular flexibility index (Phi) is 3.47. The molecule has 1 atom stereocenters. The zero-order valence-corrected chi connectivity index (χ0v) is 6.57. The van der Waals surface area contributed by atoms with Crippen LogP contribution in [0.2, 0.25) is 0 Å². The first-order valence-electron chi connectivity index (χ1n) is 3.14. The Bertz CT molecular complexity index is 206. The Morgan fingerprint density at radius 2 is 2.27 bits per heavy atom. The van der Waals surface area contributed by atoms with Crippen LogP contribution in [0.15, 0.2) is 12.2 Å². The largest absolute Gasteiger partial charge is 0.616 e. The van der Waals surface area contributed by atoms with Crippen molar-refractivity contribution in [2.75, 3.05) is 0 Å². The lowest BCUT2D eigenvalue weighted by atomic mass is 10.3. The highest BCUT2D eigenvalue weighted by Crippen LogP contribution is 1.90. The highest BCUT2D eigenvalue weighted by Gasteiger charge is 2.11. The van der Waals surface area contributed by atoms with Crippen LogP contribution in [0.1, 0.15) is 13.8 Å². The quantitative estimate of drug-likeness (QED) is 0.202. The molecule has 0 aliphatic heterocycles. The van der Waals surface area contributed by atoms with Crippen LogP contribution in [0.3, 0.4) is 0 Å². The van der Waals surface area contributed by atoms with Crippen molar-refractivity contribution in [3.8, 4) is 0 Å². The third-order valence-corrected chi connectivity index (χ3v) is 0.916. The summed E-state index contributed by atoms with van der Waals surface area (Å²) in [4.78, 5) is 10.7. The Hall–Kier alpha value is -1.16. The second-order valence-corrected chi connectivity index (χ2v) is 2.30. The highest BCUT2D eigenvalue weighted by molar-refractivity contribution is 5.87. The van der Waals surface area contributed by atoms with Crippen molar-refractivity contribution >= 4 is 12.1 Å². The van der Waals surface area contributed by atoms with Gasteiger partial charge in [-0.1, -0.05) is 6.58 Å². The van der Waals surface area contributed by atoms with Crippen molar-refractivity contribution in [2.24, 2.45) is 0 Å². The molecule has 62 valence electrons. The number of hydrogen-bond acceptors (Lipinski definition) is 3. The molecule has 0 fully saturated rings. The van der Waals surface area contributed by atoms with E-state index in [9.17, 15) is 10.0 Å². The van der Waals surface area contributed by atoms with E-state index in [0.717, 1.165) is 6.21 Å². The summed E-state index contributed by atoms with van der Waals surface area (Å²) in [6.07, 6.45) is -0.0485. The Balaban J connectivity index is 4.36. The molecule has 1 amide bonds. The Labute approximate surface area is 65.0 Å². The molecular formula is C7H11NO3. The monoisotopic (exact) mass is 157 g/mol. The van der Waals surface area contributed by atoms with Gasteiger partial charge < -0.3 is 10.3 Å². The molecule has 4 heteroatoms. The van der Waals surface area contributed by atoms with Gasteiger partial charge in [0.15, 0.2) is 6.21 Å². The summed E-state index contributed by atoms with van der Waals surface area (Å²) < 4.78 is 0.0764. The lowest BCUT2D eigenvalue weighted by Gasteiger charge is -2.00. The van der Waals surface area contributed by atoms with Crippen LogP contribution < -0.4 is 0 Å². The minimum Gasteiger partial charge on any atom is -0.616 e. The predicted molar refractivity (Wildman–Crippen MR) is 41.2 cm³/mol. The molecule has 0 spiro atoms. The van der Waals surface area contributed by atoms with Crippen molar-refractivity contribution in [3.05, 3.63) is 17.4 Å². The lowest BCUT2D eigenvalue weighted by molar-refractivity contribution is -0.375. The van der Waals surface area contributed by atoms with Crippen molar-refractivity contribution in [3.63, 3.8) is 0 Å². The molecule has 0 saturated carbocycles. The van der Waals surface area contributed by atoms with Gasteiger partial charge in [-0.15, -0.1) is 4.74 Å². The van der Waals surface area contributed by atoms with Crippen molar-refractivity contribution in [1.82, 2.24) is 0 Å². The van der Waals surface area contributed by atoms with E-state index >= 15 is 0 Å². The van der Waals surface area contributed by atoms with E-state index in [2.05, 4.69) is 6.58 Å². The molecule has 0 bridgehead atoms. The van der Waals surface area contributed by atoms with E-state index in [0.29, 0.717) is 0 Å². The number of nitrogens with zero attached hydrogens (tertiary/aromatic N) is 1. The first kappa shape index (κ1) is 9.84. The van der Waals surface area contributed by atoms with Crippen LogP contribution in [-0.2, 0) is 4.79 Å². The van der Waals surface area contributed by atoms with Gasteiger partial charge in [0.05, 0.1) is 5.57 Å². The minimum atomic E-state index is -0.921. The Morgan fingerprint density at radius 1 is 1.82 bits per heavy atom. The van der Waals surface area contributed by atoms with Crippen LogP contribution in [0.4, 0.5) is 0 Å². The molecule has 0 rings (SSSR count). The van der Waals surface area contributed by atoms with Crippen molar-refractivity contribution < 1.29 is 14.6 Å². The summed E-state index contributed by atoms with van der Waals surface area (Å²) >= 11 is 0. The van der Waals surface area contributed by atoms with Crippen molar-refractivity contribution in [2.45, 2.75) is 20.0 Å². The topological polar surface area (TPSA) is 63.4 Å². The summed E-state index contributed by atoms with van der Waals surface area (Å²) in [6, 6.07) is 0. The Morgan fingerprint density at radius 3 is 2.55 bits per heavy atom. The number of amides is 1. The standard InChI is InChI=1S/C7H11NO3/c1-5(2)7(10)8(11)4-6(3)9/h4,6,9H,1H2,2-3H3. The van der Waals surface area contributed by atoms with Crippen LogP contribution >= 0.6 is 0 Å². The normalized spacial score (nSPS) is 14.3. The lowest BCUT2D eigenvalue weighted by Crippen LogP contribution is -2.20. The van der Waals surface area contributed by atoms with Gasteiger partial charge >= 0.3 is 5.91 Å². The molecule has 0 aliphatic rings. The summed E-state index contributed by atoms with van der Waals surface area (Å²) in [6.45, 7) is 6.11. The van der Waals surface area contributed by atoms with E-state index in [4.69, 9.17) is 5.11 Å². The smallest absolute Gasteiger partial charge is 0.425 e. The van der Waals surface area contributed by atoms with E-state index < -0.39 is 12.0 Å². The van der Waals surface area contributed by atoms with E-state index in [-0.39, 0.29) is 10.3 Å². The number of aliphatic hydroxyl groups excluding tert-OH is 1. The van der Waals surface area contributed by atoms with Crippen LogP contribution in [0.5, 0.6) is 0 Å². The van der Waals surface area contributed by atoms with Gasteiger partial charge in [-0.25, -0.2) is 4.79 Å². The van der Waals surface area contributed by atoms with Gasteiger partial charge in [-0.2, -0.15) is 0 Å². The molecule has 0 aliphatic carbocycles. The first-order chi connectivity index (χ1) is 4.95. The van der Waals surface area contributed by atoms with Crippen LogP contribution in [-0.4, -0.2) is 28.1 Å². The predicted octanol–water partition coefficient (Wildman–Crippen LogP) is 0.0510. The average molecular weight is 157 g/mol. The van der Waals surface area contributed by atoms with Gasteiger partial charge in [0.25, 0.3) is 0 Å². The van der Waals surface area contributed by atoms with Gasteiger partial charge in [0, 0.05) is 0 Å². The van der Waals surface area contributed by atoms with Crippen LogP contribution in [0, 0.1) is 5.21 Å². The average Bonchev–Trinajstić information content (AvgIpc) is 1.84. The number of carbonyl (C=O) groups excluding carboxylic acids is 1. The molecule has 0 aromatic heterocycles. The fourth-order valence-corrected chi connectivity index (χ4v) is 0.452. The zero-order valence-electron chi connectivity index (χ0n) is 6.57. The van der Waals surface area contributed by atoms with Crippen molar-refractivity contribution in [1.29, 1.82) is 0 Å². The molecule has 0 aromatic carbocycles. The fourth-order valence-electron chi connectivity index (χ4n) is 0.452. The van der Waals surface area contributed by atoms with Crippen LogP contribution in [0.25, 0.3) is 0 Å². The fraction of sp³-hybridized carbons (Fsp3) is 0.429. The second kappa shape index (κ2) is 3.88. The molecule has 4 nitrogen and oxygen atoms in total. The van der Waals surface area contributed by atoms with Gasteiger partial charge in [-0.3, -0.25) is 0 Å². The summed E-state index contributed by atoms with van der Waals surface area (Å²) in [5.74, 6) is -0.731. The molecule has 0 saturated heterocycles. The van der Waals surface area contributed by atoms with Gasteiger partial charge in [0.2, 0.25) is 0 Å². The molecular weight excluding hydrogens is 146 g/mol. The molecule has 0 heterocycles. The maximum Gasteiger partial charge on any atom is 0.425 e. The van der Waals surface area contributed by atoms with Gasteiger partial charge in [-0.05, 0) is 13.8 Å². The van der Waals surface area contributed by atoms with E-state index in [1.165, 1.54) is 13.8 Å². The minimum absolute atomic E-state index is 0.0764. The molecule has 1 unspecified atom stereocenters. The second-order valence-electron chi connectivity index (χ2n) is 2.30. The SMILES string of the molecule is C=C(C)C(=O)[N+]([O-])=CC(C)O. The molecule has 1 N–H and O–H groups in total. The van der Waals surface area contributed by atoms with E-state index in [1.807, 2.05) is 0 Å². The number of aliphatic hydroxyl groups is 1. The zero-order chi connectivity index (χ0) is 9.02. The third-order valence-electron chi connectivity index (χ3n) is 0.916.